The molecule has 1 fully saturated rings. The highest BCUT2D eigenvalue weighted by Gasteiger charge is 2.12. The molecule has 2 aromatic heterocycles. The van der Waals surface area contributed by atoms with E-state index >= 15 is 0 Å². The van der Waals surface area contributed by atoms with E-state index < -0.39 is 0 Å². The molecule has 0 atom stereocenters. The number of nitrogens with zero attached hydrogens (tertiary/aromatic N) is 3. The second-order valence-corrected chi connectivity index (χ2v) is 4.80. The molecule has 1 saturated heterocycles. The molecular weight excluding hydrogens is 381 g/mol. The SMILES string of the molecule is I.NC(=NCCc1c[nH]c2ncccc12)N1CCOCC1. The molecular formula is C14H20IN5O. The first-order chi connectivity index (χ1) is 9.84. The highest BCUT2D eigenvalue weighted by atomic mass is 127. The Bertz CT molecular complexity index is 606. The minimum absolute atomic E-state index is 0. The zero-order valence-electron chi connectivity index (χ0n) is 11.8. The minimum atomic E-state index is 0. The first-order valence-electron chi connectivity index (χ1n) is 6.88. The quantitative estimate of drug-likeness (QED) is 0.463. The normalized spacial score (nSPS) is 16.0. The van der Waals surface area contributed by atoms with Crippen molar-refractivity contribution in [1.82, 2.24) is 14.9 Å². The average Bonchev–Trinajstić information content (AvgIpc) is 2.92. The van der Waals surface area contributed by atoms with Crippen molar-refractivity contribution in [3.63, 3.8) is 0 Å². The van der Waals surface area contributed by atoms with Gasteiger partial charge in [-0.3, -0.25) is 4.99 Å². The van der Waals surface area contributed by atoms with E-state index in [-0.39, 0.29) is 24.0 Å². The fourth-order valence-corrected chi connectivity index (χ4v) is 2.40. The van der Waals surface area contributed by atoms with Crippen molar-refractivity contribution in [2.75, 3.05) is 32.8 Å². The van der Waals surface area contributed by atoms with E-state index in [1.807, 2.05) is 12.3 Å². The molecule has 0 spiro atoms. The Balaban J connectivity index is 0.00000161. The number of hydrogen-bond donors (Lipinski definition) is 2. The van der Waals surface area contributed by atoms with Gasteiger partial charge in [-0.15, -0.1) is 24.0 Å². The number of ether oxygens (including phenoxy) is 1. The zero-order chi connectivity index (χ0) is 13.8. The van der Waals surface area contributed by atoms with E-state index in [2.05, 4.69) is 25.9 Å². The maximum Gasteiger partial charge on any atom is 0.191 e. The summed E-state index contributed by atoms with van der Waals surface area (Å²) < 4.78 is 5.30. The third kappa shape index (κ3) is 3.85. The average molecular weight is 401 g/mol. The predicted molar refractivity (Wildman–Crippen MR) is 94.1 cm³/mol. The van der Waals surface area contributed by atoms with Gasteiger partial charge in [0.2, 0.25) is 0 Å². The number of nitrogens with one attached hydrogen (secondary N) is 1. The van der Waals surface area contributed by atoms with Crippen molar-refractivity contribution in [2.24, 2.45) is 10.7 Å². The van der Waals surface area contributed by atoms with Gasteiger partial charge in [-0.1, -0.05) is 0 Å². The summed E-state index contributed by atoms with van der Waals surface area (Å²) in [6.45, 7) is 3.79. The number of guanidine groups is 1. The largest absolute Gasteiger partial charge is 0.378 e. The van der Waals surface area contributed by atoms with Crippen molar-refractivity contribution >= 4 is 41.0 Å². The molecule has 0 aromatic carbocycles. The maximum absolute atomic E-state index is 6.00. The molecule has 0 aliphatic carbocycles. The van der Waals surface area contributed by atoms with Crippen LogP contribution >= 0.6 is 24.0 Å². The summed E-state index contributed by atoms with van der Waals surface area (Å²) in [5.74, 6) is 0.617. The van der Waals surface area contributed by atoms with Crippen molar-refractivity contribution < 1.29 is 4.74 Å². The van der Waals surface area contributed by atoms with Crippen LogP contribution < -0.4 is 5.73 Å². The number of rotatable bonds is 3. The smallest absolute Gasteiger partial charge is 0.191 e. The topological polar surface area (TPSA) is 79.5 Å². The molecule has 6 nitrogen and oxygen atoms in total. The van der Waals surface area contributed by atoms with Crippen LogP contribution in [0.5, 0.6) is 0 Å². The monoisotopic (exact) mass is 401 g/mol. The molecule has 3 heterocycles. The van der Waals surface area contributed by atoms with Crippen LogP contribution in [0.25, 0.3) is 11.0 Å². The molecule has 1 aliphatic heterocycles. The number of aromatic amines is 1. The van der Waals surface area contributed by atoms with E-state index in [1.54, 1.807) is 6.20 Å². The summed E-state index contributed by atoms with van der Waals surface area (Å²) in [6.07, 6.45) is 4.64. The Labute approximate surface area is 140 Å². The summed E-state index contributed by atoms with van der Waals surface area (Å²) in [4.78, 5) is 14.0. The molecule has 1 aliphatic rings. The molecule has 0 radical (unpaired) electrons. The number of hydrogen-bond acceptors (Lipinski definition) is 3. The van der Waals surface area contributed by atoms with Crippen molar-refractivity contribution in [3.8, 4) is 0 Å². The number of H-pyrrole nitrogens is 1. The lowest BCUT2D eigenvalue weighted by Crippen LogP contribution is -2.44. The predicted octanol–water partition coefficient (Wildman–Crippen LogP) is 1.37. The highest BCUT2D eigenvalue weighted by Crippen LogP contribution is 2.15. The van der Waals surface area contributed by atoms with Gasteiger partial charge in [-0.2, -0.15) is 0 Å². The fourth-order valence-electron chi connectivity index (χ4n) is 2.40. The summed E-state index contributed by atoms with van der Waals surface area (Å²) in [6, 6.07) is 4.02. The molecule has 114 valence electrons. The van der Waals surface area contributed by atoms with Gasteiger partial charge in [0.25, 0.3) is 0 Å². The number of aliphatic imine (C=N–C) groups is 1. The Morgan fingerprint density at radius 1 is 1.43 bits per heavy atom. The Morgan fingerprint density at radius 3 is 3.05 bits per heavy atom. The third-order valence-electron chi connectivity index (χ3n) is 3.53. The van der Waals surface area contributed by atoms with Crippen LogP contribution in [0, 0.1) is 0 Å². The van der Waals surface area contributed by atoms with Gasteiger partial charge in [0, 0.05) is 37.4 Å². The van der Waals surface area contributed by atoms with Gasteiger partial charge in [0.1, 0.15) is 5.65 Å². The Kier molecular flexibility index (Phi) is 5.80. The first kappa shape index (κ1) is 16.0. The molecule has 3 N–H and O–H groups in total. The van der Waals surface area contributed by atoms with Crippen molar-refractivity contribution in [2.45, 2.75) is 6.42 Å². The van der Waals surface area contributed by atoms with Crippen LogP contribution in [0.2, 0.25) is 0 Å². The highest BCUT2D eigenvalue weighted by molar-refractivity contribution is 14.0. The van der Waals surface area contributed by atoms with Crippen LogP contribution in [0.3, 0.4) is 0 Å². The second-order valence-electron chi connectivity index (χ2n) is 4.80. The van der Waals surface area contributed by atoms with E-state index in [1.165, 1.54) is 5.56 Å². The van der Waals surface area contributed by atoms with E-state index in [0.717, 1.165) is 43.8 Å². The summed E-state index contributed by atoms with van der Waals surface area (Å²) in [5.41, 5.74) is 8.15. The lowest BCUT2D eigenvalue weighted by molar-refractivity contribution is 0.0674. The van der Waals surface area contributed by atoms with Gasteiger partial charge in [0.15, 0.2) is 5.96 Å². The number of pyridine rings is 1. The van der Waals surface area contributed by atoms with Gasteiger partial charge < -0.3 is 20.4 Å². The Morgan fingerprint density at radius 2 is 2.24 bits per heavy atom. The molecule has 0 bridgehead atoms. The molecule has 2 aromatic rings. The zero-order valence-corrected chi connectivity index (χ0v) is 14.1. The number of fused-ring (bicyclic) bond motifs is 1. The minimum Gasteiger partial charge on any atom is -0.378 e. The van der Waals surface area contributed by atoms with Crippen LogP contribution in [0.4, 0.5) is 0 Å². The second kappa shape index (κ2) is 7.60. The number of nitrogens with two attached hydrogens (primary N) is 1. The van der Waals surface area contributed by atoms with Gasteiger partial charge in [-0.05, 0) is 24.1 Å². The molecule has 0 unspecified atom stereocenters. The number of morpholine rings is 1. The number of aromatic nitrogens is 2. The third-order valence-corrected chi connectivity index (χ3v) is 3.53. The lowest BCUT2D eigenvalue weighted by atomic mass is 10.1. The standard InChI is InChI=1S/C14H19N5O.HI/c15-14(19-6-8-20-9-7-19)17-5-3-11-10-18-13-12(11)2-1-4-16-13;/h1-2,4,10H,3,5-9H2,(H2,15,17)(H,16,18);1H. The van der Waals surface area contributed by atoms with Crippen LogP contribution in [-0.2, 0) is 11.2 Å². The van der Waals surface area contributed by atoms with Crippen LogP contribution in [0.15, 0.2) is 29.5 Å². The van der Waals surface area contributed by atoms with Gasteiger partial charge >= 0.3 is 0 Å². The van der Waals surface area contributed by atoms with Crippen molar-refractivity contribution in [3.05, 3.63) is 30.1 Å². The summed E-state index contributed by atoms with van der Waals surface area (Å²) in [7, 11) is 0. The Hall–Kier alpha value is -1.35. The molecule has 7 heteroatoms. The summed E-state index contributed by atoms with van der Waals surface area (Å²) in [5, 5.41) is 1.16. The lowest BCUT2D eigenvalue weighted by Gasteiger charge is -2.27. The van der Waals surface area contributed by atoms with Crippen LogP contribution in [0.1, 0.15) is 5.56 Å². The molecule has 0 saturated carbocycles. The first-order valence-corrected chi connectivity index (χ1v) is 6.88. The molecule has 0 amide bonds. The van der Waals surface area contributed by atoms with E-state index in [4.69, 9.17) is 10.5 Å². The number of halogens is 1. The maximum atomic E-state index is 6.00. The van der Waals surface area contributed by atoms with E-state index in [9.17, 15) is 0 Å². The van der Waals surface area contributed by atoms with Gasteiger partial charge in [-0.25, -0.2) is 4.98 Å². The van der Waals surface area contributed by atoms with Crippen molar-refractivity contribution in [1.29, 1.82) is 0 Å². The van der Waals surface area contributed by atoms with Crippen LogP contribution in [-0.4, -0.2) is 53.7 Å². The fraction of sp³-hybridized carbons (Fsp3) is 0.429. The molecule has 21 heavy (non-hydrogen) atoms. The van der Waals surface area contributed by atoms with Gasteiger partial charge in [0.05, 0.1) is 13.2 Å². The molecule has 3 rings (SSSR count). The summed E-state index contributed by atoms with van der Waals surface area (Å²) >= 11 is 0. The van der Waals surface area contributed by atoms with E-state index in [0.29, 0.717) is 12.5 Å².